The minimum atomic E-state index is 0.753. The summed E-state index contributed by atoms with van der Waals surface area (Å²) in [7, 11) is 0. The number of pyridine rings is 1. The Bertz CT molecular complexity index is 561. The fraction of sp³-hybridized carbons (Fsp3) is 0. The van der Waals surface area contributed by atoms with Crippen LogP contribution in [0.5, 0.6) is 0 Å². The van der Waals surface area contributed by atoms with Crippen molar-refractivity contribution in [2.75, 3.05) is 0 Å². The highest BCUT2D eigenvalue weighted by molar-refractivity contribution is 6.25. The third kappa shape index (κ3) is 2.37. The summed E-state index contributed by atoms with van der Waals surface area (Å²) in [4.78, 5) is 4.40. The van der Waals surface area contributed by atoms with Gasteiger partial charge in [-0.3, -0.25) is 0 Å². The Balaban J connectivity index is 2.44. The molecule has 0 aliphatic carbocycles. The number of fused-ring (bicyclic) bond motifs is 1. The standard InChI is InChI=1S/C13H8ClN/c14-10-4-3-6-12-9-8-11-5-1-2-7-13(11)15-12/h1-2,4-5,7-10H/b10-4+. The number of rotatable bonds is 0. The molecule has 1 aromatic carbocycles. The Kier molecular flexibility index (Phi) is 3.02. The fourth-order valence-electron chi connectivity index (χ4n) is 1.28. The summed E-state index contributed by atoms with van der Waals surface area (Å²) in [5.41, 5.74) is 3.09. The summed E-state index contributed by atoms with van der Waals surface area (Å²) >= 11 is 5.36. The normalized spacial score (nSPS) is 10.2. The van der Waals surface area contributed by atoms with E-state index in [-0.39, 0.29) is 0 Å². The zero-order valence-electron chi connectivity index (χ0n) is 7.94. The lowest BCUT2D eigenvalue weighted by molar-refractivity contribution is 1.36. The molecule has 0 radical (unpaired) electrons. The predicted octanol–water partition coefficient (Wildman–Crippen LogP) is 3.34. The third-order valence-electron chi connectivity index (χ3n) is 1.94. The van der Waals surface area contributed by atoms with Crippen LogP contribution in [-0.2, 0) is 0 Å². The van der Waals surface area contributed by atoms with Gasteiger partial charge in [-0.1, -0.05) is 41.8 Å². The molecule has 0 amide bonds. The lowest BCUT2D eigenvalue weighted by atomic mass is 10.2. The monoisotopic (exact) mass is 213 g/mol. The molecular weight excluding hydrogens is 206 g/mol. The maximum Gasteiger partial charge on any atom is 0.114 e. The smallest absolute Gasteiger partial charge is 0.114 e. The first-order chi connectivity index (χ1) is 7.40. The van der Waals surface area contributed by atoms with Crippen LogP contribution in [0.1, 0.15) is 5.69 Å². The Morgan fingerprint density at radius 2 is 2.00 bits per heavy atom. The molecule has 2 heteroatoms. The second kappa shape index (κ2) is 4.63. The quantitative estimate of drug-likeness (QED) is 0.612. The van der Waals surface area contributed by atoms with E-state index in [1.54, 1.807) is 6.08 Å². The summed E-state index contributed by atoms with van der Waals surface area (Å²) in [5.74, 6) is 5.70. The SMILES string of the molecule is Cl/C=C/C#Cc1ccc2ccccc2n1. The van der Waals surface area contributed by atoms with Crippen LogP contribution in [0.2, 0.25) is 0 Å². The zero-order chi connectivity index (χ0) is 10.5. The van der Waals surface area contributed by atoms with Crippen LogP contribution in [-0.4, -0.2) is 4.98 Å². The highest BCUT2D eigenvalue weighted by Crippen LogP contribution is 2.10. The van der Waals surface area contributed by atoms with Crippen LogP contribution < -0.4 is 0 Å². The van der Waals surface area contributed by atoms with E-state index in [4.69, 9.17) is 11.6 Å². The maximum atomic E-state index is 5.36. The molecule has 72 valence electrons. The first-order valence-electron chi connectivity index (χ1n) is 4.53. The Morgan fingerprint density at radius 1 is 1.13 bits per heavy atom. The van der Waals surface area contributed by atoms with Gasteiger partial charge in [0.25, 0.3) is 0 Å². The van der Waals surface area contributed by atoms with E-state index in [1.165, 1.54) is 5.54 Å². The van der Waals surface area contributed by atoms with E-state index in [0.29, 0.717) is 0 Å². The van der Waals surface area contributed by atoms with E-state index in [1.807, 2.05) is 36.4 Å². The van der Waals surface area contributed by atoms with Crippen LogP contribution in [0.25, 0.3) is 10.9 Å². The maximum absolute atomic E-state index is 5.36. The van der Waals surface area contributed by atoms with Crippen molar-refractivity contribution in [1.82, 2.24) is 4.98 Å². The molecule has 1 aromatic heterocycles. The van der Waals surface area contributed by atoms with Gasteiger partial charge in [0.2, 0.25) is 0 Å². The van der Waals surface area contributed by atoms with Gasteiger partial charge >= 0.3 is 0 Å². The van der Waals surface area contributed by atoms with Crippen molar-refractivity contribution in [1.29, 1.82) is 0 Å². The van der Waals surface area contributed by atoms with Gasteiger partial charge in [0.05, 0.1) is 5.52 Å². The van der Waals surface area contributed by atoms with Gasteiger partial charge in [0, 0.05) is 10.9 Å². The molecule has 15 heavy (non-hydrogen) atoms. The number of para-hydroxylation sites is 1. The minimum absolute atomic E-state index is 0.753. The van der Waals surface area contributed by atoms with Crippen molar-refractivity contribution in [2.24, 2.45) is 0 Å². The van der Waals surface area contributed by atoms with E-state index in [0.717, 1.165) is 16.6 Å². The molecule has 1 nitrogen and oxygen atoms in total. The molecule has 0 spiro atoms. The van der Waals surface area contributed by atoms with Gasteiger partial charge in [0.1, 0.15) is 5.69 Å². The van der Waals surface area contributed by atoms with Crippen LogP contribution in [0.15, 0.2) is 48.0 Å². The van der Waals surface area contributed by atoms with Crippen LogP contribution in [0, 0.1) is 11.8 Å². The predicted molar refractivity (Wildman–Crippen MR) is 63.6 cm³/mol. The van der Waals surface area contributed by atoms with Crippen LogP contribution in [0.4, 0.5) is 0 Å². The number of halogens is 1. The Hall–Kier alpha value is -1.78. The van der Waals surface area contributed by atoms with Crippen molar-refractivity contribution in [3.63, 3.8) is 0 Å². The second-order valence-corrected chi connectivity index (χ2v) is 3.20. The highest BCUT2D eigenvalue weighted by Gasteiger charge is 1.93. The second-order valence-electron chi connectivity index (χ2n) is 2.95. The molecule has 0 bridgehead atoms. The molecule has 1 heterocycles. The number of hydrogen-bond donors (Lipinski definition) is 0. The molecule has 0 fully saturated rings. The number of aromatic nitrogens is 1. The first kappa shape index (κ1) is 9.76. The Morgan fingerprint density at radius 3 is 2.87 bits per heavy atom. The van der Waals surface area contributed by atoms with Gasteiger partial charge in [-0.25, -0.2) is 4.98 Å². The molecule has 0 saturated heterocycles. The van der Waals surface area contributed by atoms with Crippen molar-refractivity contribution in [3.05, 3.63) is 53.7 Å². The number of allylic oxidation sites excluding steroid dienone is 1. The lowest BCUT2D eigenvalue weighted by Crippen LogP contribution is -1.83. The van der Waals surface area contributed by atoms with Crippen molar-refractivity contribution >= 4 is 22.5 Å². The zero-order valence-corrected chi connectivity index (χ0v) is 8.70. The molecule has 0 saturated carbocycles. The summed E-state index contributed by atoms with van der Waals surface area (Å²) in [6, 6.07) is 11.9. The van der Waals surface area contributed by atoms with E-state index >= 15 is 0 Å². The summed E-state index contributed by atoms with van der Waals surface area (Å²) in [6.07, 6.45) is 1.58. The molecule has 0 N–H and O–H groups in total. The van der Waals surface area contributed by atoms with E-state index in [2.05, 4.69) is 16.8 Å². The summed E-state index contributed by atoms with van der Waals surface area (Å²) in [5, 5.41) is 1.12. The lowest BCUT2D eigenvalue weighted by Gasteiger charge is -1.95. The van der Waals surface area contributed by atoms with Crippen LogP contribution >= 0.6 is 11.6 Å². The number of benzene rings is 1. The highest BCUT2D eigenvalue weighted by atomic mass is 35.5. The number of nitrogens with zero attached hydrogens (tertiary/aromatic N) is 1. The van der Waals surface area contributed by atoms with Crippen LogP contribution in [0.3, 0.4) is 0 Å². The summed E-state index contributed by atoms with van der Waals surface area (Å²) in [6.45, 7) is 0. The fourth-order valence-corrected chi connectivity index (χ4v) is 1.35. The third-order valence-corrected chi connectivity index (χ3v) is 2.07. The van der Waals surface area contributed by atoms with Gasteiger partial charge in [-0.15, -0.1) is 0 Å². The van der Waals surface area contributed by atoms with Crippen molar-refractivity contribution in [3.8, 4) is 11.8 Å². The van der Waals surface area contributed by atoms with Gasteiger partial charge < -0.3 is 0 Å². The molecular formula is C13H8ClN. The first-order valence-corrected chi connectivity index (χ1v) is 4.96. The Labute approximate surface area is 93.4 Å². The van der Waals surface area contributed by atoms with Gasteiger partial charge in [-0.05, 0) is 24.1 Å². The van der Waals surface area contributed by atoms with Gasteiger partial charge in [-0.2, -0.15) is 0 Å². The largest absolute Gasteiger partial charge is 0.239 e. The molecule has 0 unspecified atom stereocenters. The van der Waals surface area contributed by atoms with E-state index < -0.39 is 0 Å². The molecule has 0 atom stereocenters. The topological polar surface area (TPSA) is 12.9 Å². The molecule has 0 aliphatic heterocycles. The van der Waals surface area contributed by atoms with Crippen molar-refractivity contribution < 1.29 is 0 Å². The molecule has 0 aliphatic rings. The molecule has 2 rings (SSSR count). The average molecular weight is 214 g/mol. The van der Waals surface area contributed by atoms with E-state index in [9.17, 15) is 0 Å². The van der Waals surface area contributed by atoms with Crippen molar-refractivity contribution in [2.45, 2.75) is 0 Å². The molecule has 2 aromatic rings. The number of hydrogen-bond acceptors (Lipinski definition) is 1. The minimum Gasteiger partial charge on any atom is -0.239 e. The van der Waals surface area contributed by atoms with Gasteiger partial charge in [0.15, 0.2) is 0 Å². The average Bonchev–Trinajstić information content (AvgIpc) is 2.29. The summed E-state index contributed by atoms with van der Waals surface area (Å²) < 4.78 is 0.